The predicted octanol–water partition coefficient (Wildman–Crippen LogP) is 3.60. The van der Waals surface area contributed by atoms with Crippen molar-refractivity contribution >= 4 is 17.7 Å². The van der Waals surface area contributed by atoms with Crippen molar-refractivity contribution in [3.8, 4) is 5.69 Å². The molecule has 0 radical (unpaired) electrons. The molecule has 0 aliphatic heterocycles. The third-order valence-electron chi connectivity index (χ3n) is 4.49. The van der Waals surface area contributed by atoms with Gasteiger partial charge in [-0.2, -0.15) is 0 Å². The molecule has 0 unspecified atom stereocenters. The van der Waals surface area contributed by atoms with Crippen molar-refractivity contribution in [2.24, 2.45) is 0 Å². The molecule has 28 heavy (non-hydrogen) atoms. The van der Waals surface area contributed by atoms with Crippen molar-refractivity contribution in [2.75, 3.05) is 18.9 Å². The first-order valence-electron chi connectivity index (χ1n) is 9.25. The number of aryl methyl sites for hydroxylation is 2. The van der Waals surface area contributed by atoms with E-state index in [1.54, 1.807) is 11.1 Å². The second-order valence-corrected chi connectivity index (χ2v) is 7.63. The topological polar surface area (TPSA) is 58.4 Å². The first kappa shape index (κ1) is 20.2. The zero-order valence-electron chi connectivity index (χ0n) is 16.2. The molecule has 0 aliphatic carbocycles. The maximum Gasteiger partial charge on any atom is 0.233 e. The summed E-state index contributed by atoms with van der Waals surface area (Å²) < 4.78 is 2.02. The second-order valence-electron chi connectivity index (χ2n) is 6.68. The Kier molecular flexibility index (Phi) is 6.90. The Bertz CT molecular complexity index is 925. The van der Waals surface area contributed by atoms with Gasteiger partial charge in [0.2, 0.25) is 5.91 Å². The van der Waals surface area contributed by atoms with Crippen LogP contribution in [0.25, 0.3) is 5.69 Å². The average molecular weight is 396 g/mol. The molecule has 3 rings (SSSR count). The molecule has 3 aromatic rings. The number of hydrogen-bond donors (Lipinski definition) is 1. The summed E-state index contributed by atoms with van der Waals surface area (Å²) in [5, 5.41) is 10.1. The molecule has 1 amide bonds. The first-order valence-corrected chi connectivity index (χ1v) is 10.2. The van der Waals surface area contributed by atoms with E-state index >= 15 is 0 Å². The van der Waals surface area contributed by atoms with Crippen LogP contribution in [0, 0.1) is 13.8 Å². The number of hydrogen-bond acceptors (Lipinski definition) is 4. The van der Waals surface area contributed by atoms with Crippen LogP contribution in [0.1, 0.15) is 16.7 Å². The number of benzene rings is 2. The molecule has 0 atom stereocenters. The van der Waals surface area contributed by atoms with Crippen LogP contribution in [0.5, 0.6) is 0 Å². The molecule has 0 saturated carbocycles. The van der Waals surface area contributed by atoms with Gasteiger partial charge in [0.1, 0.15) is 0 Å². The summed E-state index contributed by atoms with van der Waals surface area (Å²) in [6.07, 6.45) is 3.67. The van der Waals surface area contributed by atoms with Crippen LogP contribution >= 0.6 is 11.8 Å². The quantitative estimate of drug-likeness (QED) is 0.592. The monoisotopic (exact) mass is 395 g/mol. The average Bonchev–Trinajstić information content (AvgIpc) is 3.17. The lowest BCUT2D eigenvalue weighted by Gasteiger charge is -2.22. The summed E-state index contributed by atoms with van der Waals surface area (Å²) in [6.45, 7) is 4.88. The van der Waals surface area contributed by atoms with Crippen molar-refractivity contribution in [3.05, 3.63) is 77.6 Å². The van der Waals surface area contributed by atoms with Gasteiger partial charge in [0, 0.05) is 25.5 Å². The van der Waals surface area contributed by atoms with Crippen LogP contribution in [0.2, 0.25) is 0 Å². The zero-order chi connectivity index (χ0) is 19.9. The molecule has 2 aromatic carbocycles. The summed E-state index contributed by atoms with van der Waals surface area (Å²) in [4.78, 5) is 18.9. The zero-order valence-corrected chi connectivity index (χ0v) is 17.0. The smallest absolute Gasteiger partial charge is 0.233 e. The summed E-state index contributed by atoms with van der Waals surface area (Å²) in [5.74, 6) is 0.257. The molecule has 6 heteroatoms. The Labute approximate surface area is 170 Å². The van der Waals surface area contributed by atoms with E-state index in [2.05, 4.69) is 37.0 Å². The SMILES string of the molecule is Cc1ccc(C)c(-n2ccnc2SCC(=O)N(CCO)Cc2ccccc2)c1. The fourth-order valence-corrected chi connectivity index (χ4v) is 3.86. The first-order chi connectivity index (χ1) is 13.6. The van der Waals surface area contributed by atoms with Crippen LogP contribution in [0.3, 0.4) is 0 Å². The van der Waals surface area contributed by atoms with E-state index in [0.717, 1.165) is 22.0 Å². The van der Waals surface area contributed by atoms with Crippen molar-refractivity contribution < 1.29 is 9.90 Å². The molecule has 0 aliphatic rings. The Hall–Kier alpha value is -2.57. The number of aromatic nitrogens is 2. The highest BCUT2D eigenvalue weighted by atomic mass is 32.2. The lowest BCUT2D eigenvalue weighted by atomic mass is 10.1. The third kappa shape index (κ3) is 5.03. The predicted molar refractivity (Wildman–Crippen MR) is 113 cm³/mol. The highest BCUT2D eigenvalue weighted by Crippen LogP contribution is 2.24. The molecule has 0 saturated heterocycles. The molecule has 1 N–H and O–H groups in total. The molecule has 1 aromatic heterocycles. The minimum atomic E-state index is -0.0552. The van der Waals surface area contributed by atoms with Crippen LogP contribution in [-0.4, -0.2) is 44.4 Å². The summed E-state index contributed by atoms with van der Waals surface area (Å²) in [6, 6.07) is 16.1. The minimum Gasteiger partial charge on any atom is -0.395 e. The van der Waals surface area contributed by atoms with Gasteiger partial charge in [-0.05, 0) is 36.6 Å². The Morgan fingerprint density at radius 1 is 1.18 bits per heavy atom. The summed E-state index contributed by atoms with van der Waals surface area (Å²) >= 11 is 1.41. The number of amides is 1. The Morgan fingerprint density at radius 3 is 2.71 bits per heavy atom. The van der Waals surface area contributed by atoms with Gasteiger partial charge in [-0.1, -0.05) is 54.2 Å². The Balaban J connectivity index is 1.70. The van der Waals surface area contributed by atoms with E-state index < -0.39 is 0 Å². The van der Waals surface area contributed by atoms with E-state index in [1.807, 2.05) is 41.1 Å². The van der Waals surface area contributed by atoms with E-state index in [1.165, 1.54) is 17.3 Å². The number of imidazole rings is 1. The highest BCUT2D eigenvalue weighted by molar-refractivity contribution is 7.99. The molecular weight excluding hydrogens is 370 g/mol. The van der Waals surface area contributed by atoms with Gasteiger partial charge >= 0.3 is 0 Å². The molecule has 0 spiro atoms. The number of thioether (sulfide) groups is 1. The van der Waals surface area contributed by atoms with Gasteiger partial charge in [0.25, 0.3) is 0 Å². The minimum absolute atomic E-state index is 0.0154. The molecular formula is C22H25N3O2S. The van der Waals surface area contributed by atoms with Gasteiger partial charge in [-0.25, -0.2) is 4.98 Å². The number of nitrogens with zero attached hydrogens (tertiary/aromatic N) is 3. The van der Waals surface area contributed by atoms with Gasteiger partial charge in [-0.15, -0.1) is 0 Å². The molecule has 0 fully saturated rings. The van der Waals surface area contributed by atoms with E-state index in [0.29, 0.717) is 13.1 Å². The second kappa shape index (κ2) is 9.57. The normalized spacial score (nSPS) is 10.8. The number of carbonyl (C=O) groups excluding carboxylic acids is 1. The fourth-order valence-electron chi connectivity index (χ4n) is 2.99. The maximum absolute atomic E-state index is 12.8. The lowest BCUT2D eigenvalue weighted by molar-refractivity contribution is -0.129. The maximum atomic E-state index is 12.8. The van der Waals surface area contributed by atoms with E-state index in [9.17, 15) is 9.90 Å². The molecule has 5 nitrogen and oxygen atoms in total. The molecule has 0 bridgehead atoms. The van der Waals surface area contributed by atoms with E-state index in [4.69, 9.17) is 0 Å². The number of carbonyl (C=O) groups is 1. The molecule has 1 heterocycles. The van der Waals surface area contributed by atoms with Crippen molar-refractivity contribution in [2.45, 2.75) is 25.5 Å². The van der Waals surface area contributed by atoms with Crippen molar-refractivity contribution in [3.63, 3.8) is 0 Å². The van der Waals surface area contributed by atoms with Crippen LogP contribution < -0.4 is 0 Å². The largest absolute Gasteiger partial charge is 0.395 e. The standard InChI is InChI=1S/C22H25N3O2S/c1-17-8-9-18(2)20(14-17)25-11-10-23-22(25)28-16-21(27)24(12-13-26)15-19-6-4-3-5-7-19/h3-11,14,26H,12-13,15-16H2,1-2H3. The third-order valence-corrected chi connectivity index (χ3v) is 5.45. The van der Waals surface area contributed by atoms with Gasteiger partial charge in [0.15, 0.2) is 5.16 Å². The van der Waals surface area contributed by atoms with Gasteiger partial charge in [0.05, 0.1) is 18.0 Å². The van der Waals surface area contributed by atoms with Crippen molar-refractivity contribution in [1.29, 1.82) is 0 Å². The highest BCUT2D eigenvalue weighted by Gasteiger charge is 2.16. The molecule has 146 valence electrons. The van der Waals surface area contributed by atoms with Crippen molar-refractivity contribution in [1.82, 2.24) is 14.5 Å². The van der Waals surface area contributed by atoms with E-state index in [-0.39, 0.29) is 18.3 Å². The van der Waals surface area contributed by atoms with Crippen LogP contribution in [0.4, 0.5) is 0 Å². The summed E-state index contributed by atoms with van der Waals surface area (Å²) in [7, 11) is 0. The number of aliphatic hydroxyl groups is 1. The Morgan fingerprint density at radius 2 is 1.96 bits per heavy atom. The van der Waals surface area contributed by atoms with Crippen LogP contribution in [-0.2, 0) is 11.3 Å². The number of rotatable bonds is 8. The number of aliphatic hydroxyl groups excluding tert-OH is 1. The van der Waals surface area contributed by atoms with Crippen LogP contribution in [0.15, 0.2) is 66.1 Å². The lowest BCUT2D eigenvalue weighted by Crippen LogP contribution is -2.34. The van der Waals surface area contributed by atoms with Gasteiger partial charge < -0.3 is 10.0 Å². The fraction of sp³-hybridized carbons (Fsp3) is 0.273. The van der Waals surface area contributed by atoms with Gasteiger partial charge in [-0.3, -0.25) is 9.36 Å². The summed E-state index contributed by atoms with van der Waals surface area (Å²) in [5.41, 5.74) is 4.45.